The van der Waals surface area contributed by atoms with Crippen LogP contribution in [0.4, 0.5) is 0 Å². The van der Waals surface area contributed by atoms with E-state index in [-0.39, 0.29) is 23.1 Å². The van der Waals surface area contributed by atoms with Crippen LogP contribution in [0.3, 0.4) is 0 Å². The molecule has 1 heterocycles. The van der Waals surface area contributed by atoms with Crippen LogP contribution in [-0.4, -0.2) is 41.5 Å². The maximum absolute atomic E-state index is 12.4. The molecule has 0 radical (unpaired) electrons. The molecule has 1 aromatic carbocycles. The highest BCUT2D eigenvalue weighted by Crippen LogP contribution is 2.26. The van der Waals surface area contributed by atoms with Crippen molar-refractivity contribution in [1.29, 1.82) is 0 Å². The Hall–Kier alpha value is -2.04. The van der Waals surface area contributed by atoms with Gasteiger partial charge in [0.25, 0.3) is 5.91 Å². The molecule has 1 aliphatic heterocycles. The number of rotatable bonds is 2. The summed E-state index contributed by atoms with van der Waals surface area (Å²) in [6.45, 7) is 2.29. The van der Waals surface area contributed by atoms with Crippen LogP contribution in [0, 0.1) is 6.92 Å². The molecule has 5 nitrogen and oxygen atoms in total. The van der Waals surface area contributed by atoms with Crippen LogP contribution in [0.15, 0.2) is 18.2 Å². The predicted octanol–water partition coefficient (Wildman–Crippen LogP) is 1.05. The van der Waals surface area contributed by atoms with Crippen LogP contribution >= 0.6 is 0 Å². The van der Waals surface area contributed by atoms with Crippen LogP contribution in [0.25, 0.3) is 0 Å². The molecule has 2 rings (SSSR count). The van der Waals surface area contributed by atoms with Gasteiger partial charge in [-0.1, -0.05) is 12.1 Å². The number of aryl methyl sites for hydroxylation is 1. The summed E-state index contributed by atoms with van der Waals surface area (Å²) in [6, 6.07) is 4.63. The van der Waals surface area contributed by atoms with E-state index in [0.717, 1.165) is 6.42 Å². The molecular weight excluding hydrogens is 244 g/mol. The fraction of sp³-hybridized carbons (Fsp3) is 0.429. The van der Waals surface area contributed by atoms with Crippen molar-refractivity contribution in [2.24, 2.45) is 0 Å². The molecule has 0 spiro atoms. The van der Waals surface area contributed by atoms with Crippen molar-refractivity contribution in [3.8, 4) is 5.75 Å². The van der Waals surface area contributed by atoms with E-state index in [1.807, 2.05) is 0 Å². The Morgan fingerprint density at radius 2 is 2.16 bits per heavy atom. The number of para-hydroxylation sites is 1. The van der Waals surface area contributed by atoms with E-state index in [1.54, 1.807) is 32.2 Å². The van der Waals surface area contributed by atoms with Crippen molar-refractivity contribution in [2.45, 2.75) is 25.8 Å². The third-order valence-corrected chi connectivity index (χ3v) is 3.53. The summed E-state index contributed by atoms with van der Waals surface area (Å²) in [6.07, 6.45) is 1.47. The van der Waals surface area contributed by atoms with Gasteiger partial charge in [-0.2, -0.15) is 0 Å². The molecule has 1 saturated heterocycles. The Balaban J connectivity index is 2.28. The number of phenolic OH excluding ortho intramolecular Hbond substituents is 1. The van der Waals surface area contributed by atoms with Crippen LogP contribution < -0.4 is 5.32 Å². The van der Waals surface area contributed by atoms with Gasteiger partial charge in [0.2, 0.25) is 5.91 Å². The van der Waals surface area contributed by atoms with E-state index in [2.05, 4.69) is 5.32 Å². The molecule has 1 fully saturated rings. The number of hydrogen-bond donors (Lipinski definition) is 2. The van der Waals surface area contributed by atoms with Crippen molar-refractivity contribution in [3.05, 3.63) is 29.3 Å². The lowest BCUT2D eigenvalue weighted by atomic mass is 10.1. The van der Waals surface area contributed by atoms with Gasteiger partial charge in [-0.3, -0.25) is 9.59 Å². The maximum atomic E-state index is 12.4. The standard InChI is InChI=1S/C14H18N2O3/c1-9-5-3-6-10(12(9)17)14(19)16-8-4-7-11(16)13(18)15-2/h3,5-6,11,17H,4,7-8H2,1-2H3,(H,15,18). The fourth-order valence-electron chi connectivity index (χ4n) is 2.44. The van der Waals surface area contributed by atoms with Crippen molar-refractivity contribution in [3.63, 3.8) is 0 Å². The number of carbonyl (C=O) groups excluding carboxylic acids is 2. The molecule has 1 aromatic rings. The van der Waals surface area contributed by atoms with E-state index in [4.69, 9.17) is 0 Å². The molecule has 2 N–H and O–H groups in total. The van der Waals surface area contributed by atoms with Gasteiger partial charge in [0.15, 0.2) is 0 Å². The molecule has 0 aliphatic carbocycles. The van der Waals surface area contributed by atoms with Crippen molar-refractivity contribution in [1.82, 2.24) is 10.2 Å². The maximum Gasteiger partial charge on any atom is 0.258 e. The minimum Gasteiger partial charge on any atom is -0.507 e. The molecule has 1 unspecified atom stereocenters. The lowest BCUT2D eigenvalue weighted by molar-refractivity contribution is -0.124. The molecular formula is C14H18N2O3. The third kappa shape index (κ3) is 2.41. The minimum absolute atomic E-state index is 0.00458. The lowest BCUT2D eigenvalue weighted by Crippen LogP contribution is -2.44. The zero-order valence-corrected chi connectivity index (χ0v) is 11.1. The SMILES string of the molecule is CNC(=O)C1CCCN1C(=O)c1cccc(C)c1O. The van der Waals surface area contributed by atoms with Crippen LogP contribution in [0.1, 0.15) is 28.8 Å². The van der Waals surface area contributed by atoms with E-state index < -0.39 is 6.04 Å². The average Bonchev–Trinajstić information content (AvgIpc) is 2.89. The molecule has 2 amide bonds. The van der Waals surface area contributed by atoms with E-state index in [9.17, 15) is 14.7 Å². The number of benzene rings is 1. The zero-order chi connectivity index (χ0) is 14.0. The largest absolute Gasteiger partial charge is 0.507 e. The molecule has 102 valence electrons. The Kier molecular flexibility index (Phi) is 3.74. The molecule has 0 bridgehead atoms. The Bertz CT molecular complexity index is 513. The number of amides is 2. The van der Waals surface area contributed by atoms with Gasteiger partial charge < -0.3 is 15.3 Å². The zero-order valence-electron chi connectivity index (χ0n) is 11.1. The summed E-state index contributed by atoms with van der Waals surface area (Å²) >= 11 is 0. The highest BCUT2D eigenvalue weighted by Gasteiger charge is 2.34. The number of aromatic hydroxyl groups is 1. The molecule has 19 heavy (non-hydrogen) atoms. The van der Waals surface area contributed by atoms with Gasteiger partial charge in [-0.05, 0) is 31.4 Å². The topological polar surface area (TPSA) is 69.6 Å². The summed E-state index contributed by atoms with van der Waals surface area (Å²) in [5.74, 6) is -0.444. The number of nitrogens with one attached hydrogen (secondary N) is 1. The molecule has 0 saturated carbocycles. The first-order valence-corrected chi connectivity index (χ1v) is 6.37. The second-order valence-corrected chi connectivity index (χ2v) is 4.74. The quantitative estimate of drug-likeness (QED) is 0.837. The van der Waals surface area contributed by atoms with E-state index >= 15 is 0 Å². The molecule has 1 atom stereocenters. The lowest BCUT2D eigenvalue weighted by Gasteiger charge is -2.23. The number of hydrogen-bond acceptors (Lipinski definition) is 3. The van der Waals surface area contributed by atoms with Crippen molar-refractivity contribution < 1.29 is 14.7 Å². The Morgan fingerprint density at radius 1 is 1.42 bits per heavy atom. The van der Waals surface area contributed by atoms with Crippen LogP contribution in [-0.2, 0) is 4.79 Å². The highest BCUT2D eigenvalue weighted by molar-refractivity contribution is 6.00. The number of carbonyl (C=O) groups is 2. The monoisotopic (exact) mass is 262 g/mol. The molecule has 5 heteroatoms. The van der Waals surface area contributed by atoms with Gasteiger partial charge in [-0.25, -0.2) is 0 Å². The summed E-state index contributed by atoms with van der Waals surface area (Å²) in [4.78, 5) is 25.7. The van der Waals surface area contributed by atoms with Gasteiger partial charge >= 0.3 is 0 Å². The highest BCUT2D eigenvalue weighted by atomic mass is 16.3. The predicted molar refractivity (Wildman–Crippen MR) is 71.0 cm³/mol. The number of phenols is 1. The minimum atomic E-state index is -0.433. The Labute approximate surface area is 112 Å². The van der Waals surface area contributed by atoms with Gasteiger partial charge in [0, 0.05) is 13.6 Å². The number of likely N-dealkylation sites (tertiary alicyclic amines) is 1. The first kappa shape index (κ1) is 13.4. The van der Waals surface area contributed by atoms with Crippen LogP contribution in [0.2, 0.25) is 0 Å². The summed E-state index contributed by atoms with van der Waals surface area (Å²) in [5.41, 5.74) is 0.914. The smallest absolute Gasteiger partial charge is 0.258 e. The van der Waals surface area contributed by atoms with Gasteiger partial charge in [0.1, 0.15) is 11.8 Å². The third-order valence-electron chi connectivity index (χ3n) is 3.53. The fourth-order valence-corrected chi connectivity index (χ4v) is 2.44. The summed E-state index contributed by atoms with van der Waals surface area (Å²) < 4.78 is 0. The number of nitrogens with zero attached hydrogens (tertiary/aromatic N) is 1. The molecule has 0 aromatic heterocycles. The normalized spacial score (nSPS) is 18.4. The van der Waals surface area contributed by atoms with Gasteiger partial charge in [-0.15, -0.1) is 0 Å². The Morgan fingerprint density at radius 3 is 2.84 bits per heavy atom. The number of likely N-dealkylation sites (N-methyl/N-ethyl adjacent to an activating group) is 1. The van der Waals surface area contributed by atoms with E-state index in [1.165, 1.54) is 4.90 Å². The van der Waals surface area contributed by atoms with Crippen molar-refractivity contribution in [2.75, 3.05) is 13.6 Å². The van der Waals surface area contributed by atoms with E-state index in [0.29, 0.717) is 18.5 Å². The summed E-state index contributed by atoms with van der Waals surface area (Å²) in [5, 5.41) is 12.5. The second kappa shape index (κ2) is 5.30. The van der Waals surface area contributed by atoms with Gasteiger partial charge in [0.05, 0.1) is 5.56 Å². The first-order chi connectivity index (χ1) is 9.06. The first-order valence-electron chi connectivity index (χ1n) is 6.37. The second-order valence-electron chi connectivity index (χ2n) is 4.74. The molecule has 1 aliphatic rings. The summed E-state index contributed by atoms with van der Waals surface area (Å²) in [7, 11) is 1.56. The van der Waals surface area contributed by atoms with Crippen LogP contribution in [0.5, 0.6) is 5.75 Å². The van der Waals surface area contributed by atoms with Crippen molar-refractivity contribution >= 4 is 11.8 Å². The average molecular weight is 262 g/mol.